The van der Waals surface area contributed by atoms with Gasteiger partial charge in [-0.1, -0.05) is 24.6 Å². The lowest BCUT2D eigenvalue weighted by Gasteiger charge is -2.27. The smallest absolute Gasteiger partial charge is 0.417 e. The van der Waals surface area contributed by atoms with Crippen molar-refractivity contribution in [2.45, 2.75) is 25.9 Å². The third kappa shape index (κ3) is 6.73. The summed E-state index contributed by atoms with van der Waals surface area (Å²) in [7, 11) is 1.29. The van der Waals surface area contributed by atoms with Crippen molar-refractivity contribution in [3.8, 4) is 0 Å². The van der Waals surface area contributed by atoms with Crippen molar-refractivity contribution in [2.24, 2.45) is 10.5 Å². The lowest BCUT2D eigenvalue weighted by molar-refractivity contribution is -0.137. The highest BCUT2D eigenvalue weighted by molar-refractivity contribution is 7.98. The molecular formula is C25H27ClF3N3O3S. The number of amides is 1. The van der Waals surface area contributed by atoms with E-state index in [0.29, 0.717) is 29.1 Å². The van der Waals surface area contributed by atoms with Gasteiger partial charge < -0.3 is 10.1 Å². The van der Waals surface area contributed by atoms with Crippen LogP contribution in [-0.4, -0.2) is 54.8 Å². The second kappa shape index (κ2) is 11.6. The third-order valence-corrected chi connectivity index (χ3v) is 6.90. The van der Waals surface area contributed by atoms with Crippen molar-refractivity contribution < 1.29 is 27.5 Å². The normalized spacial score (nSPS) is 17.6. The number of alkyl halides is 3. The molecule has 0 aliphatic carbocycles. The highest BCUT2D eigenvalue weighted by atomic mass is 35.5. The molecule has 1 unspecified atom stereocenters. The second-order valence-electron chi connectivity index (χ2n) is 8.74. The summed E-state index contributed by atoms with van der Waals surface area (Å²) in [4.78, 5) is 24.3. The van der Waals surface area contributed by atoms with E-state index in [4.69, 9.17) is 11.6 Å². The molecule has 11 heteroatoms. The molecule has 1 aliphatic heterocycles. The maximum Gasteiger partial charge on any atom is 0.417 e. The lowest BCUT2D eigenvalue weighted by Crippen LogP contribution is -2.35. The molecule has 0 aromatic heterocycles. The van der Waals surface area contributed by atoms with Crippen molar-refractivity contribution in [1.29, 1.82) is 0 Å². The van der Waals surface area contributed by atoms with E-state index in [1.54, 1.807) is 41.0 Å². The Bertz CT molecular complexity index is 1140. The summed E-state index contributed by atoms with van der Waals surface area (Å²) in [6.45, 7) is 2.39. The number of methoxy groups -OCH3 is 1. The molecule has 1 N–H and O–H groups in total. The van der Waals surface area contributed by atoms with E-state index in [9.17, 15) is 22.8 Å². The van der Waals surface area contributed by atoms with Crippen LogP contribution in [0.15, 0.2) is 47.6 Å². The number of esters is 1. The number of benzene rings is 2. The topological polar surface area (TPSA) is 71.0 Å². The molecule has 0 bridgehead atoms. The second-order valence-corrected chi connectivity index (χ2v) is 10.1. The predicted octanol–water partition coefficient (Wildman–Crippen LogP) is 5.95. The molecule has 2 aromatic carbocycles. The molecule has 0 saturated heterocycles. The molecule has 6 nitrogen and oxygen atoms in total. The molecule has 0 saturated carbocycles. The Labute approximate surface area is 217 Å². The molecule has 1 aliphatic rings. The molecule has 3 rings (SSSR count). The van der Waals surface area contributed by atoms with Crippen LogP contribution in [0.5, 0.6) is 0 Å². The van der Waals surface area contributed by atoms with Crippen molar-refractivity contribution in [3.63, 3.8) is 0 Å². The highest BCUT2D eigenvalue weighted by Gasteiger charge is 2.40. The van der Waals surface area contributed by atoms with Crippen LogP contribution >= 0.6 is 23.4 Å². The van der Waals surface area contributed by atoms with E-state index < -0.39 is 23.1 Å². The van der Waals surface area contributed by atoms with Crippen LogP contribution in [0, 0.1) is 5.41 Å². The number of thioether (sulfide) groups is 1. The van der Waals surface area contributed by atoms with Crippen molar-refractivity contribution in [3.05, 3.63) is 64.2 Å². The maximum atomic E-state index is 13.2. The zero-order chi connectivity index (χ0) is 26.5. The number of hydrazone groups is 1. The Morgan fingerprint density at radius 3 is 2.50 bits per heavy atom. The van der Waals surface area contributed by atoms with E-state index >= 15 is 0 Å². The van der Waals surface area contributed by atoms with E-state index in [-0.39, 0.29) is 17.5 Å². The average molecular weight is 542 g/mol. The van der Waals surface area contributed by atoms with Gasteiger partial charge in [-0.05, 0) is 66.8 Å². The number of nitrogens with zero attached hydrogens (tertiary/aromatic N) is 2. The average Bonchev–Trinajstić information content (AvgIpc) is 3.13. The molecule has 194 valence electrons. The van der Waals surface area contributed by atoms with Gasteiger partial charge in [-0.15, -0.1) is 0 Å². The SMILES string of the molecule is COC(=O)c1ccc(NC(=O)CN2CC(C)(CCCSC)C(c3ccc(C(F)(F)F)c(Cl)c3)=N2)cc1. The van der Waals surface area contributed by atoms with Crippen LogP contribution in [0.4, 0.5) is 18.9 Å². The van der Waals surface area contributed by atoms with Crippen LogP contribution in [0.25, 0.3) is 0 Å². The number of hydrogen-bond donors (Lipinski definition) is 1. The third-order valence-electron chi connectivity index (χ3n) is 5.89. The highest BCUT2D eigenvalue weighted by Crippen LogP contribution is 2.39. The first kappa shape index (κ1) is 27.9. The number of carbonyl (C=O) groups excluding carboxylic acids is 2. The van der Waals surface area contributed by atoms with Crippen molar-refractivity contribution >= 4 is 46.6 Å². The van der Waals surface area contributed by atoms with Gasteiger partial charge in [0, 0.05) is 17.6 Å². The van der Waals surface area contributed by atoms with Gasteiger partial charge in [0.2, 0.25) is 5.91 Å². The Morgan fingerprint density at radius 1 is 1.22 bits per heavy atom. The largest absolute Gasteiger partial charge is 0.465 e. The summed E-state index contributed by atoms with van der Waals surface area (Å²) in [6.07, 6.45) is -0.903. The molecule has 0 spiro atoms. The Kier molecular flexibility index (Phi) is 8.94. The van der Waals surface area contributed by atoms with Gasteiger partial charge in [-0.2, -0.15) is 30.0 Å². The molecule has 1 amide bonds. The fourth-order valence-electron chi connectivity index (χ4n) is 4.14. The summed E-state index contributed by atoms with van der Waals surface area (Å²) in [5.41, 5.74) is 0.607. The molecule has 36 heavy (non-hydrogen) atoms. The van der Waals surface area contributed by atoms with E-state index in [1.165, 1.54) is 19.2 Å². The molecule has 1 atom stereocenters. The van der Waals surface area contributed by atoms with E-state index in [2.05, 4.69) is 15.2 Å². The van der Waals surface area contributed by atoms with Gasteiger partial charge in [0.25, 0.3) is 0 Å². The Balaban J connectivity index is 1.79. The standard InChI is InChI=1S/C25H27ClF3N3O3S/c1-24(11-4-12-36-3)15-32(14-21(33)30-18-8-5-16(6-9-18)23(34)35-2)31-22(24)17-7-10-19(20(26)13-17)25(27,28)29/h5-10,13H,4,11-12,14-15H2,1-3H3,(H,30,33). The number of nitrogens with one attached hydrogen (secondary N) is 1. The van der Waals surface area contributed by atoms with Crippen LogP contribution < -0.4 is 5.32 Å². The summed E-state index contributed by atoms with van der Waals surface area (Å²) in [5.74, 6) is 0.136. The Hall–Kier alpha value is -2.72. The number of carbonyl (C=O) groups is 2. The Morgan fingerprint density at radius 2 is 1.92 bits per heavy atom. The first-order valence-electron chi connectivity index (χ1n) is 11.1. The molecule has 0 radical (unpaired) electrons. The van der Waals surface area contributed by atoms with Crippen molar-refractivity contribution in [2.75, 3.05) is 37.5 Å². The molecular weight excluding hydrogens is 515 g/mol. The van der Waals surface area contributed by atoms with Crippen LogP contribution in [0.2, 0.25) is 5.02 Å². The van der Waals surface area contributed by atoms with E-state index in [0.717, 1.165) is 24.7 Å². The zero-order valence-electron chi connectivity index (χ0n) is 20.1. The number of hydrogen-bond acceptors (Lipinski definition) is 6. The van der Waals surface area contributed by atoms with Gasteiger partial charge in [0.15, 0.2) is 0 Å². The summed E-state index contributed by atoms with van der Waals surface area (Å²) in [5, 5.41) is 8.64. The minimum Gasteiger partial charge on any atom is -0.465 e. The predicted molar refractivity (Wildman–Crippen MR) is 137 cm³/mol. The van der Waals surface area contributed by atoms with Gasteiger partial charge in [0.05, 0.1) is 29.0 Å². The first-order valence-corrected chi connectivity index (χ1v) is 12.9. The van der Waals surface area contributed by atoms with Crippen LogP contribution in [-0.2, 0) is 15.7 Å². The number of rotatable bonds is 9. The lowest BCUT2D eigenvalue weighted by atomic mass is 9.78. The zero-order valence-corrected chi connectivity index (χ0v) is 21.7. The van der Waals surface area contributed by atoms with Crippen LogP contribution in [0.1, 0.15) is 41.3 Å². The van der Waals surface area contributed by atoms with Crippen LogP contribution in [0.3, 0.4) is 0 Å². The quantitative estimate of drug-likeness (QED) is 0.314. The van der Waals surface area contributed by atoms with Crippen molar-refractivity contribution in [1.82, 2.24) is 5.01 Å². The summed E-state index contributed by atoms with van der Waals surface area (Å²) in [6, 6.07) is 9.93. The van der Waals surface area contributed by atoms with Gasteiger partial charge in [0.1, 0.15) is 6.54 Å². The van der Waals surface area contributed by atoms with E-state index in [1.807, 2.05) is 13.2 Å². The fourth-order valence-corrected chi connectivity index (χ4v) is 4.86. The van der Waals surface area contributed by atoms with Gasteiger partial charge >= 0.3 is 12.1 Å². The summed E-state index contributed by atoms with van der Waals surface area (Å²) >= 11 is 7.69. The summed E-state index contributed by atoms with van der Waals surface area (Å²) < 4.78 is 44.2. The first-order chi connectivity index (χ1) is 17.0. The molecule has 0 fully saturated rings. The fraction of sp³-hybridized carbons (Fsp3) is 0.400. The maximum absolute atomic E-state index is 13.2. The minimum atomic E-state index is -4.55. The van der Waals surface area contributed by atoms with Gasteiger partial charge in [-0.25, -0.2) is 4.79 Å². The molecule has 2 aromatic rings. The number of halogens is 4. The number of anilines is 1. The monoisotopic (exact) mass is 541 g/mol. The number of ether oxygens (including phenoxy) is 1. The van der Waals surface area contributed by atoms with Gasteiger partial charge in [-0.3, -0.25) is 9.80 Å². The molecule has 1 heterocycles. The minimum absolute atomic E-state index is 0.0469.